The van der Waals surface area contributed by atoms with Crippen LogP contribution in [0, 0.1) is 0 Å². The molecule has 0 radical (unpaired) electrons. The molecule has 0 amide bonds. The Morgan fingerprint density at radius 1 is 1.77 bits per heavy atom. The number of carbonyl (C=O) groups excluding carboxylic acids is 1. The van der Waals surface area contributed by atoms with E-state index in [2.05, 4.69) is 5.32 Å². The van der Waals surface area contributed by atoms with Crippen LogP contribution in [0.25, 0.3) is 0 Å². The van der Waals surface area contributed by atoms with Gasteiger partial charge in [0.15, 0.2) is 0 Å². The molecule has 2 N–H and O–H groups in total. The second kappa shape index (κ2) is 5.19. The van der Waals surface area contributed by atoms with Crippen LogP contribution in [0.1, 0.15) is 26.2 Å². The van der Waals surface area contributed by atoms with E-state index in [9.17, 15) is 9.90 Å². The number of aliphatic hydroxyl groups is 1. The Hall–Kier alpha value is -0.610. The van der Waals surface area contributed by atoms with E-state index in [1.54, 1.807) is 0 Å². The third kappa shape index (κ3) is 3.32. The van der Waals surface area contributed by atoms with Crippen LogP contribution in [0.3, 0.4) is 0 Å². The van der Waals surface area contributed by atoms with E-state index in [1.807, 2.05) is 6.92 Å². The Morgan fingerprint density at radius 3 is 3.08 bits per heavy atom. The van der Waals surface area contributed by atoms with Gasteiger partial charge < -0.3 is 15.2 Å². The lowest BCUT2D eigenvalue weighted by Crippen LogP contribution is -2.34. The molecule has 1 saturated heterocycles. The molecular formula is C9H17NO3. The Labute approximate surface area is 78.3 Å². The number of carbonyl (C=O) groups is 1. The van der Waals surface area contributed by atoms with Gasteiger partial charge in [-0.1, -0.05) is 6.92 Å². The van der Waals surface area contributed by atoms with Gasteiger partial charge in [-0.15, -0.1) is 0 Å². The molecule has 4 nitrogen and oxygen atoms in total. The van der Waals surface area contributed by atoms with Crippen molar-refractivity contribution in [3.8, 4) is 0 Å². The molecule has 1 heterocycles. The lowest BCUT2D eigenvalue weighted by atomic mass is 10.2. The van der Waals surface area contributed by atoms with Crippen LogP contribution >= 0.6 is 0 Å². The molecule has 1 aliphatic rings. The SMILES string of the molecule is CCC(O)CCN[C@H]1CCOC1=O. The number of hydrogen-bond acceptors (Lipinski definition) is 4. The topological polar surface area (TPSA) is 58.6 Å². The van der Waals surface area contributed by atoms with Crippen LogP contribution in [0.5, 0.6) is 0 Å². The quantitative estimate of drug-likeness (QED) is 0.597. The van der Waals surface area contributed by atoms with E-state index in [0.717, 1.165) is 12.8 Å². The zero-order valence-electron chi connectivity index (χ0n) is 7.95. The molecule has 0 aromatic heterocycles. The van der Waals surface area contributed by atoms with Crippen molar-refractivity contribution in [2.75, 3.05) is 13.2 Å². The summed E-state index contributed by atoms with van der Waals surface area (Å²) in [5.74, 6) is -0.161. The van der Waals surface area contributed by atoms with Gasteiger partial charge in [0.05, 0.1) is 12.7 Å². The van der Waals surface area contributed by atoms with E-state index in [0.29, 0.717) is 19.6 Å². The van der Waals surface area contributed by atoms with Crippen molar-refractivity contribution in [3.05, 3.63) is 0 Å². The molecule has 4 heteroatoms. The fourth-order valence-electron chi connectivity index (χ4n) is 1.31. The van der Waals surface area contributed by atoms with Gasteiger partial charge in [0.1, 0.15) is 6.04 Å². The third-order valence-corrected chi connectivity index (χ3v) is 2.27. The lowest BCUT2D eigenvalue weighted by molar-refractivity contribution is -0.139. The van der Waals surface area contributed by atoms with E-state index in [-0.39, 0.29) is 18.1 Å². The zero-order valence-corrected chi connectivity index (χ0v) is 7.95. The Bertz CT molecular complexity index is 172. The standard InChI is InChI=1S/C9H17NO3/c1-2-7(11)3-5-10-8-4-6-13-9(8)12/h7-8,10-11H,2-6H2,1H3/t7?,8-/m0/s1. The van der Waals surface area contributed by atoms with Crippen molar-refractivity contribution in [1.82, 2.24) is 5.32 Å². The fourth-order valence-corrected chi connectivity index (χ4v) is 1.31. The van der Waals surface area contributed by atoms with Gasteiger partial charge in [0, 0.05) is 6.42 Å². The number of aliphatic hydroxyl groups excluding tert-OH is 1. The summed E-state index contributed by atoms with van der Waals surface area (Å²) in [6, 6.07) is -0.149. The number of esters is 1. The minimum Gasteiger partial charge on any atom is -0.464 e. The summed E-state index contributed by atoms with van der Waals surface area (Å²) in [6.45, 7) is 3.14. The van der Waals surface area contributed by atoms with Crippen LogP contribution in [0.2, 0.25) is 0 Å². The summed E-state index contributed by atoms with van der Waals surface area (Å²) in [5.41, 5.74) is 0. The normalized spacial score (nSPS) is 24.5. The zero-order chi connectivity index (χ0) is 9.68. The summed E-state index contributed by atoms with van der Waals surface area (Å²) in [5, 5.41) is 12.3. The first-order valence-corrected chi connectivity index (χ1v) is 4.82. The molecule has 0 saturated carbocycles. The molecular weight excluding hydrogens is 170 g/mol. The minimum absolute atomic E-state index is 0.149. The van der Waals surface area contributed by atoms with E-state index in [1.165, 1.54) is 0 Å². The Morgan fingerprint density at radius 2 is 2.54 bits per heavy atom. The summed E-state index contributed by atoms with van der Waals surface area (Å²) in [6.07, 6.45) is 1.95. The predicted molar refractivity (Wildman–Crippen MR) is 48.3 cm³/mol. The fraction of sp³-hybridized carbons (Fsp3) is 0.889. The van der Waals surface area contributed by atoms with E-state index in [4.69, 9.17) is 4.74 Å². The van der Waals surface area contributed by atoms with Gasteiger partial charge in [-0.3, -0.25) is 4.79 Å². The molecule has 2 atom stereocenters. The second-order valence-electron chi connectivity index (χ2n) is 3.31. The molecule has 1 fully saturated rings. The monoisotopic (exact) mass is 187 g/mol. The van der Waals surface area contributed by atoms with Crippen molar-refractivity contribution < 1.29 is 14.6 Å². The summed E-state index contributed by atoms with van der Waals surface area (Å²) >= 11 is 0. The Kier molecular flexibility index (Phi) is 4.18. The highest BCUT2D eigenvalue weighted by Crippen LogP contribution is 2.05. The van der Waals surface area contributed by atoms with Gasteiger partial charge in [-0.2, -0.15) is 0 Å². The molecule has 1 unspecified atom stereocenters. The summed E-state index contributed by atoms with van der Waals surface area (Å²) in [4.78, 5) is 11.0. The molecule has 1 aliphatic heterocycles. The number of hydrogen-bond donors (Lipinski definition) is 2. The lowest BCUT2D eigenvalue weighted by Gasteiger charge is -2.10. The van der Waals surface area contributed by atoms with E-state index < -0.39 is 0 Å². The number of rotatable bonds is 5. The number of ether oxygens (including phenoxy) is 1. The van der Waals surface area contributed by atoms with Crippen molar-refractivity contribution in [1.29, 1.82) is 0 Å². The highest BCUT2D eigenvalue weighted by molar-refractivity contribution is 5.77. The van der Waals surface area contributed by atoms with Crippen molar-refractivity contribution in [3.63, 3.8) is 0 Å². The number of nitrogens with one attached hydrogen (secondary N) is 1. The van der Waals surface area contributed by atoms with Gasteiger partial charge in [0.2, 0.25) is 0 Å². The van der Waals surface area contributed by atoms with Crippen LogP contribution in [0.15, 0.2) is 0 Å². The number of cyclic esters (lactones) is 1. The maximum absolute atomic E-state index is 11.0. The first kappa shape index (κ1) is 10.5. The van der Waals surface area contributed by atoms with Crippen molar-refractivity contribution >= 4 is 5.97 Å². The maximum atomic E-state index is 11.0. The average Bonchev–Trinajstić information content (AvgIpc) is 2.52. The van der Waals surface area contributed by atoms with Gasteiger partial charge in [0.25, 0.3) is 0 Å². The van der Waals surface area contributed by atoms with Crippen LogP contribution in [-0.4, -0.2) is 36.4 Å². The molecule has 0 aromatic carbocycles. The van der Waals surface area contributed by atoms with Crippen LogP contribution in [0.4, 0.5) is 0 Å². The Balaban J connectivity index is 2.08. The molecule has 0 spiro atoms. The summed E-state index contributed by atoms with van der Waals surface area (Å²) < 4.78 is 4.79. The van der Waals surface area contributed by atoms with Gasteiger partial charge in [-0.05, 0) is 19.4 Å². The predicted octanol–water partition coefficient (Wildman–Crippen LogP) is 0.0525. The largest absolute Gasteiger partial charge is 0.464 e. The molecule has 76 valence electrons. The molecule has 0 aliphatic carbocycles. The van der Waals surface area contributed by atoms with Crippen molar-refractivity contribution in [2.24, 2.45) is 0 Å². The molecule has 0 aromatic rings. The van der Waals surface area contributed by atoms with Gasteiger partial charge >= 0.3 is 5.97 Å². The van der Waals surface area contributed by atoms with Crippen LogP contribution in [-0.2, 0) is 9.53 Å². The van der Waals surface area contributed by atoms with E-state index >= 15 is 0 Å². The molecule has 1 rings (SSSR count). The van der Waals surface area contributed by atoms with Gasteiger partial charge in [-0.25, -0.2) is 0 Å². The average molecular weight is 187 g/mol. The smallest absolute Gasteiger partial charge is 0.323 e. The maximum Gasteiger partial charge on any atom is 0.323 e. The highest BCUT2D eigenvalue weighted by Gasteiger charge is 2.25. The van der Waals surface area contributed by atoms with Crippen molar-refractivity contribution in [2.45, 2.75) is 38.3 Å². The first-order valence-electron chi connectivity index (χ1n) is 4.82. The second-order valence-corrected chi connectivity index (χ2v) is 3.31. The first-order chi connectivity index (χ1) is 6.24. The minimum atomic E-state index is -0.259. The highest BCUT2D eigenvalue weighted by atomic mass is 16.5. The summed E-state index contributed by atoms with van der Waals surface area (Å²) in [7, 11) is 0. The molecule has 0 bridgehead atoms. The third-order valence-electron chi connectivity index (χ3n) is 2.27. The molecule has 13 heavy (non-hydrogen) atoms. The van der Waals surface area contributed by atoms with Crippen LogP contribution < -0.4 is 5.32 Å².